The van der Waals surface area contributed by atoms with E-state index in [-0.39, 0.29) is 23.3 Å². The summed E-state index contributed by atoms with van der Waals surface area (Å²) in [5, 5.41) is 20.6. The highest BCUT2D eigenvalue weighted by Crippen LogP contribution is 2.28. The molecule has 25 heavy (non-hydrogen) atoms. The number of benzene rings is 1. The molecule has 0 fully saturated rings. The molecule has 6 heteroatoms. The fraction of sp³-hybridized carbons (Fsp3) is 0.263. The average molecular weight is 340 g/mol. The van der Waals surface area contributed by atoms with Gasteiger partial charge in [-0.3, -0.25) is 9.36 Å². The Morgan fingerprint density at radius 3 is 2.60 bits per heavy atom. The number of aliphatic hydroxyl groups is 1. The van der Waals surface area contributed by atoms with E-state index in [2.05, 4.69) is 4.98 Å². The zero-order chi connectivity index (χ0) is 18.0. The Morgan fingerprint density at radius 2 is 1.96 bits per heavy atom. The molecule has 2 aromatic heterocycles. The second kappa shape index (κ2) is 6.94. The normalized spacial score (nSPS) is 12.3. The van der Waals surface area contributed by atoms with Crippen LogP contribution in [0.2, 0.25) is 0 Å². The number of nitrogens with zero attached hydrogens (tertiary/aromatic N) is 2. The second-order valence-electron chi connectivity index (χ2n) is 5.93. The lowest BCUT2D eigenvalue weighted by molar-refractivity contribution is 0.184. The van der Waals surface area contributed by atoms with Crippen LogP contribution in [0, 0.1) is 0 Å². The summed E-state index contributed by atoms with van der Waals surface area (Å²) in [6, 6.07) is 10.5. The molecular formula is C19H20N2O4. The lowest BCUT2D eigenvalue weighted by atomic mass is 10.1. The number of fused-ring (bicyclic) bond motifs is 1. The largest absolute Gasteiger partial charge is 0.507 e. The molecule has 0 aliphatic carbocycles. The van der Waals surface area contributed by atoms with Crippen molar-refractivity contribution in [3.05, 3.63) is 58.5 Å². The lowest BCUT2D eigenvalue weighted by Gasteiger charge is -2.15. The van der Waals surface area contributed by atoms with E-state index in [0.29, 0.717) is 28.9 Å². The number of aliphatic hydroxyl groups excluding tert-OH is 1. The first-order chi connectivity index (χ1) is 12.0. The molecule has 3 aromatic rings. The summed E-state index contributed by atoms with van der Waals surface area (Å²) >= 11 is 0. The van der Waals surface area contributed by atoms with E-state index >= 15 is 0 Å². The van der Waals surface area contributed by atoms with Crippen LogP contribution in [0.5, 0.6) is 11.5 Å². The Kier molecular flexibility index (Phi) is 4.72. The van der Waals surface area contributed by atoms with Crippen molar-refractivity contribution in [2.75, 3.05) is 7.11 Å². The Balaban J connectivity index is 2.26. The van der Waals surface area contributed by atoms with Gasteiger partial charge in [0.25, 0.3) is 5.56 Å². The van der Waals surface area contributed by atoms with Crippen molar-refractivity contribution in [3.8, 4) is 17.2 Å². The number of ether oxygens (including phenoxy) is 1. The third-order valence-electron chi connectivity index (χ3n) is 4.14. The maximum absolute atomic E-state index is 13.0. The van der Waals surface area contributed by atoms with Crippen LogP contribution in [0.3, 0.4) is 0 Å². The van der Waals surface area contributed by atoms with E-state index < -0.39 is 6.10 Å². The predicted molar refractivity (Wildman–Crippen MR) is 95.6 cm³/mol. The summed E-state index contributed by atoms with van der Waals surface area (Å²) in [4.78, 5) is 17.3. The summed E-state index contributed by atoms with van der Waals surface area (Å²) in [7, 11) is 1.58. The molecule has 1 aromatic carbocycles. The molecule has 0 bridgehead atoms. The molecule has 2 heterocycles. The number of rotatable bonds is 5. The molecule has 1 atom stereocenters. The molecule has 0 aliphatic rings. The van der Waals surface area contributed by atoms with Gasteiger partial charge in [-0.1, -0.05) is 0 Å². The van der Waals surface area contributed by atoms with Crippen molar-refractivity contribution in [1.82, 2.24) is 9.55 Å². The molecular weight excluding hydrogens is 320 g/mol. The number of pyridine rings is 2. The Bertz CT molecular complexity index is 946. The first-order valence-corrected chi connectivity index (χ1v) is 8.07. The van der Waals surface area contributed by atoms with Crippen molar-refractivity contribution in [1.29, 1.82) is 0 Å². The zero-order valence-corrected chi connectivity index (χ0v) is 14.1. The molecule has 2 N–H and O–H groups in total. The fourth-order valence-electron chi connectivity index (χ4n) is 2.80. The minimum atomic E-state index is -0.558. The average Bonchev–Trinajstić information content (AvgIpc) is 2.62. The fourth-order valence-corrected chi connectivity index (χ4v) is 2.80. The minimum absolute atomic E-state index is 0.0708. The molecule has 0 saturated carbocycles. The molecule has 0 radical (unpaired) electrons. The molecule has 0 amide bonds. The number of methoxy groups -OCH3 is 1. The lowest BCUT2D eigenvalue weighted by Crippen LogP contribution is -2.24. The van der Waals surface area contributed by atoms with E-state index in [4.69, 9.17) is 4.74 Å². The van der Waals surface area contributed by atoms with E-state index in [1.807, 2.05) is 0 Å². The topological polar surface area (TPSA) is 84.6 Å². The Labute approximate surface area is 145 Å². The summed E-state index contributed by atoms with van der Waals surface area (Å²) in [5.74, 6) is 0.612. The van der Waals surface area contributed by atoms with Crippen molar-refractivity contribution in [3.63, 3.8) is 0 Å². The Hall–Kier alpha value is -2.86. The van der Waals surface area contributed by atoms with Crippen LogP contribution in [0.1, 0.15) is 18.9 Å². The molecule has 0 aliphatic heterocycles. The van der Waals surface area contributed by atoms with Gasteiger partial charge in [0.15, 0.2) is 5.65 Å². The highest BCUT2D eigenvalue weighted by Gasteiger charge is 2.18. The first-order valence-electron chi connectivity index (χ1n) is 8.07. The summed E-state index contributed by atoms with van der Waals surface area (Å²) in [6.45, 7) is 1.65. The molecule has 0 spiro atoms. The van der Waals surface area contributed by atoms with Gasteiger partial charge in [0, 0.05) is 6.20 Å². The van der Waals surface area contributed by atoms with E-state index in [9.17, 15) is 15.0 Å². The van der Waals surface area contributed by atoms with Crippen molar-refractivity contribution in [2.24, 2.45) is 0 Å². The molecule has 1 unspecified atom stereocenters. The third-order valence-corrected chi connectivity index (χ3v) is 4.14. The van der Waals surface area contributed by atoms with Crippen molar-refractivity contribution >= 4 is 11.0 Å². The number of aromatic hydroxyl groups is 1. The van der Waals surface area contributed by atoms with Crippen LogP contribution in [-0.4, -0.2) is 33.0 Å². The molecule has 130 valence electrons. The van der Waals surface area contributed by atoms with Gasteiger partial charge >= 0.3 is 0 Å². The van der Waals surface area contributed by atoms with Crippen LogP contribution >= 0.6 is 0 Å². The van der Waals surface area contributed by atoms with Gasteiger partial charge in [0.2, 0.25) is 0 Å². The smallest absolute Gasteiger partial charge is 0.263 e. The third kappa shape index (κ3) is 3.21. The van der Waals surface area contributed by atoms with Crippen molar-refractivity contribution in [2.45, 2.75) is 25.9 Å². The van der Waals surface area contributed by atoms with Gasteiger partial charge < -0.3 is 14.9 Å². The molecule has 6 nitrogen and oxygen atoms in total. The minimum Gasteiger partial charge on any atom is -0.507 e. The quantitative estimate of drug-likeness (QED) is 0.745. The van der Waals surface area contributed by atoms with Crippen LogP contribution in [-0.2, 0) is 6.42 Å². The van der Waals surface area contributed by atoms with Crippen LogP contribution in [0.4, 0.5) is 0 Å². The standard InChI is InChI=1S/C19H20N2O4/c1-12(22)5-10-16-17(23)15-4-3-11-20-18(15)21(19(16)24)13-6-8-14(25-2)9-7-13/h3-4,6-9,11-12,22-23H,5,10H2,1-2H3. The van der Waals surface area contributed by atoms with Gasteiger partial charge in [-0.15, -0.1) is 0 Å². The number of hydrogen-bond donors (Lipinski definition) is 2. The zero-order valence-electron chi connectivity index (χ0n) is 14.1. The summed E-state index contributed by atoms with van der Waals surface area (Å²) < 4.78 is 6.64. The van der Waals surface area contributed by atoms with Crippen LogP contribution in [0.15, 0.2) is 47.4 Å². The summed E-state index contributed by atoms with van der Waals surface area (Å²) in [6.07, 6.45) is 1.69. The van der Waals surface area contributed by atoms with E-state index in [0.717, 1.165) is 0 Å². The van der Waals surface area contributed by atoms with Crippen LogP contribution < -0.4 is 10.3 Å². The highest BCUT2D eigenvalue weighted by molar-refractivity contribution is 5.84. The van der Waals surface area contributed by atoms with E-state index in [1.165, 1.54) is 4.57 Å². The molecule has 0 saturated heterocycles. The number of hydrogen-bond acceptors (Lipinski definition) is 5. The van der Waals surface area contributed by atoms with Crippen LogP contribution in [0.25, 0.3) is 16.7 Å². The maximum Gasteiger partial charge on any atom is 0.263 e. The first kappa shape index (κ1) is 17.0. The van der Waals surface area contributed by atoms with Gasteiger partial charge in [-0.25, -0.2) is 4.98 Å². The molecule has 3 rings (SSSR count). The highest BCUT2D eigenvalue weighted by atomic mass is 16.5. The second-order valence-corrected chi connectivity index (χ2v) is 5.93. The Morgan fingerprint density at radius 1 is 1.24 bits per heavy atom. The maximum atomic E-state index is 13.0. The van der Waals surface area contributed by atoms with Gasteiger partial charge in [0.1, 0.15) is 11.5 Å². The van der Waals surface area contributed by atoms with E-state index in [1.54, 1.807) is 56.6 Å². The number of aromatic nitrogens is 2. The SMILES string of the molecule is COc1ccc(-n2c(=O)c(CCC(C)O)c(O)c3cccnc32)cc1. The van der Waals surface area contributed by atoms with Gasteiger partial charge in [-0.05, 0) is 56.2 Å². The van der Waals surface area contributed by atoms with Gasteiger partial charge in [-0.2, -0.15) is 0 Å². The monoisotopic (exact) mass is 340 g/mol. The van der Waals surface area contributed by atoms with Gasteiger partial charge in [0.05, 0.1) is 29.9 Å². The summed E-state index contributed by atoms with van der Waals surface area (Å²) in [5.41, 5.74) is 0.954. The predicted octanol–water partition coefficient (Wildman–Crippen LogP) is 2.41. The van der Waals surface area contributed by atoms with Crippen molar-refractivity contribution < 1.29 is 14.9 Å².